The maximum Gasteiger partial charge on any atom is 0.0545 e. The Kier molecular flexibility index (Phi) is 3.44. The van der Waals surface area contributed by atoms with Crippen LogP contribution in [-0.2, 0) is 6.54 Å². The van der Waals surface area contributed by atoms with Crippen molar-refractivity contribution in [3.63, 3.8) is 0 Å². The van der Waals surface area contributed by atoms with E-state index in [4.69, 9.17) is 5.73 Å². The van der Waals surface area contributed by atoms with Crippen molar-refractivity contribution in [1.82, 2.24) is 9.88 Å². The highest BCUT2D eigenvalue weighted by Crippen LogP contribution is 2.27. The first-order chi connectivity index (χ1) is 7.70. The predicted octanol–water partition coefficient (Wildman–Crippen LogP) is 2.43. The zero-order valence-electron chi connectivity index (χ0n) is 10.2. The number of nitrogens with two attached hydrogens (primary N) is 1. The molecular formula is C13H21N3. The molecule has 0 aromatic carbocycles. The van der Waals surface area contributed by atoms with E-state index in [1.165, 1.54) is 19.3 Å². The van der Waals surface area contributed by atoms with Gasteiger partial charge in [0.05, 0.1) is 17.6 Å². The Morgan fingerprint density at radius 1 is 1.44 bits per heavy atom. The molecule has 2 heterocycles. The van der Waals surface area contributed by atoms with E-state index in [1.807, 2.05) is 12.1 Å². The highest BCUT2D eigenvalue weighted by molar-refractivity contribution is 5.34. The molecule has 0 radical (unpaired) electrons. The van der Waals surface area contributed by atoms with Gasteiger partial charge in [0.15, 0.2) is 0 Å². The van der Waals surface area contributed by atoms with E-state index in [-0.39, 0.29) is 0 Å². The summed E-state index contributed by atoms with van der Waals surface area (Å²) in [4.78, 5) is 6.95. The van der Waals surface area contributed by atoms with Gasteiger partial charge in [-0.1, -0.05) is 6.92 Å². The Bertz CT molecular complexity index is 334. The average molecular weight is 219 g/mol. The minimum atomic E-state index is 0.685. The number of nitrogen functional groups attached to an aromatic ring is 1. The lowest BCUT2D eigenvalue weighted by Crippen LogP contribution is -2.33. The summed E-state index contributed by atoms with van der Waals surface area (Å²) in [6.45, 7) is 5.54. The van der Waals surface area contributed by atoms with Gasteiger partial charge in [-0.2, -0.15) is 0 Å². The molecule has 1 aromatic rings. The largest absolute Gasteiger partial charge is 0.397 e. The second kappa shape index (κ2) is 4.83. The van der Waals surface area contributed by atoms with Gasteiger partial charge in [-0.05, 0) is 38.3 Å². The summed E-state index contributed by atoms with van der Waals surface area (Å²) in [5, 5.41) is 0. The zero-order valence-corrected chi connectivity index (χ0v) is 10.2. The first kappa shape index (κ1) is 11.4. The van der Waals surface area contributed by atoms with Crippen LogP contribution in [-0.4, -0.2) is 22.0 Å². The Hall–Kier alpha value is -1.09. The van der Waals surface area contributed by atoms with Crippen molar-refractivity contribution in [2.24, 2.45) is 0 Å². The molecule has 1 saturated heterocycles. The Morgan fingerprint density at radius 3 is 2.88 bits per heavy atom. The number of pyridine rings is 1. The standard InChI is InChI=1S/C13H21N3/c1-3-13-7-4-10(2)16(13)9-12-6-5-11(14)8-15-12/h5-6,8,10,13H,3-4,7,9,14H2,1-2H3. The Labute approximate surface area is 97.7 Å². The van der Waals surface area contributed by atoms with Gasteiger partial charge >= 0.3 is 0 Å². The van der Waals surface area contributed by atoms with Crippen LogP contribution in [0, 0.1) is 0 Å². The van der Waals surface area contributed by atoms with Crippen molar-refractivity contribution in [1.29, 1.82) is 0 Å². The molecule has 1 fully saturated rings. The van der Waals surface area contributed by atoms with Crippen LogP contribution in [0.5, 0.6) is 0 Å². The minimum Gasteiger partial charge on any atom is -0.397 e. The van der Waals surface area contributed by atoms with E-state index in [0.29, 0.717) is 6.04 Å². The van der Waals surface area contributed by atoms with Crippen molar-refractivity contribution < 1.29 is 0 Å². The Balaban J connectivity index is 2.05. The summed E-state index contributed by atoms with van der Waals surface area (Å²) >= 11 is 0. The molecule has 16 heavy (non-hydrogen) atoms. The van der Waals surface area contributed by atoms with Crippen LogP contribution in [0.3, 0.4) is 0 Å². The normalized spacial score (nSPS) is 26.1. The second-order valence-corrected chi connectivity index (χ2v) is 4.74. The molecule has 2 N–H and O–H groups in total. The topological polar surface area (TPSA) is 42.1 Å². The van der Waals surface area contributed by atoms with Crippen LogP contribution in [0.4, 0.5) is 5.69 Å². The second-order valence-electron chi connectivity index (χ2n) is 4.74. The smallest absolute Gasteiger partial charge is 0.0545 e. The fourth-order valence-electron chi connectivity index (χ4n) is 2.57. The SMILES string of the molecule is CCC1CCC(C)N1Cc1ccc(N)cn1. The molecule has 1 aliphatic heterocycles. The van der Waals surface area contributed by atoms with Gasteiger partial charge in [-0.25, -0.2) is 0 Å². The number of hydrogen-bond acceptors (Lipinski definition) is 3. The highest BCUT2D eigenvalue weighted by Gasteiger charge is 2.29. The molecule has 0 amide bonds. The van der Waals surface area contributed by atoms with Crippen LogP contribution in [0.15, 0.2) is 18.3 Å². The predicted molar refractivity (Wildman–Crippen MR) is 67.0 cm³/mol. The molecule has 1 aromatic heterocycles. The number of likely N-dealkylation sites (tertiary alicyclic amines) is 1. The lowest BCUT2D eigenvalue weighted by molar-refractivity contribution is 0.187. The van der Waals surface area contributed by atoms with Crippen molar-refractivity contribution in [3.05, 3.63) is 24.0 Å². The van der Waals surface area contributed by atoms with E-state index in [1.54, 1.807) is 6.20 Å². The van der Waals surface area contributed by atoms with E-state index in [2.05, 4.69) is 23.7 Å². The van der Waals surface area contributed by atoms with Gasteiger partial charge in [0, 0.05) is 18.6 Å². The van der Waals surface area contributed by atoms with E-state index in [0.717, 1.165) is 24.0 Å². The van der Waals surface area contributed by atoms with E-state index >= 15 is 0 Å². The van der Waals surface area contributed by atoms with E-state index < -0.39 is 0 Å². The van der Waals surface area contributed by atoms with Gasteiger partial charge in [0.2, 0.25) is 0 Å². The highest BCUT2D eigenvalue weighted by atomic mass is 15.2. The molecule has 2 rings (SSSR count). The van der Waals surface area contributed by atoms with Crippen LogP contribution < -0.4 is 5.73 Å². The summed E-state index contributed by atoms with van der Waals surface area (Å²) in [5.74, 6) is 0. The lowest BCUT2D eigenvalue weighted by atomic mass is 10.1. The third kappa shape index (κ3) is 2.35. The van der Waals surface area contributed by atoms with Crippen LogP contribution in [0.1, 0.15) is 38.8 Å². The zero-order chi connectivity index (χ0) is 11.5. The number of nitrogens with zero attached hydrogens (tertiary/aromatic N) is 2. The number of anilines is 1. The van der Waals surface area contributed by atoms with Gasteiger partial charge in [0.25, 0.3) is 0 Å². The fourth-order valence-corrected chi connectivity index (χ4v) is 2.57. The summed E-state index contributed by atoms with van der Waals surface area (Å²) in [6, 6.07) is 5.38. The monoisotopic (exact) mass is 219 g/mol. The number of hydrogen-bond donors (Lipinski definition) is 1. The van der Waals surface area contributed by atoms with E-state index in [9.17, 15) is 0 Å². The molecule has 2 atom stereocenters. The maximum absolute atomic E-state index is 5.64. The first-order valence-corrected chi connectivity index (χ1v) is 6.17. The summed E-state index contributed by atoms with van der Waals surface area (Å²) in [5.41, 5.74) is 7.51. The number of aromatic nitrogens is 1. The van der Waals surface area contributed by atoms with Crippen LogP contribution in [0.2, 0.25) is 0 Å². The third-order valence-corrected chi connectivity index (χ3v) is 3.62. The van der Waals surface area contributed by atoms with Crippen molar-refractivity contribution in [3.8, 4) is 0 Å². The molecule has 0 spiro atoms. The van der Waals surface area contributed by atoms with Crippen molar-refractivity contribution in [2.75, 3.05) is 5.73 Å². The molecule has 2 unspecified atom stereocenters. The first-order valence-electron chi connectivity index (χ1n) is 6.17. The molecule has 0 bridgehead atoms. The molecule has 1 aliphatic rings. The van der Waals surface area contributed by atoms with Gasteiger partial charge in [0.1, 0.15) is 0 Å². The molecule has 3 nitrogen and oxygen atoms in total. The molecule has 0 saturated carbocycles. The summed E-state index contributed by atoms with van der Waals surface area (Å²) < 4.78 is 0. The fraction of sp³-hybridized carbons (Fsp3) is 0.615. The Morgan fingerprint density at radius 2 is 2.25 bits per heavy atom. The van der Waals surface area contributed by atoms with Gasteiger partial charge in [-0.3, -0.25) is 9.88 Å². The molecule has 3 heteroatoms. The molecular weight excluding hydrogens is 198 g/mol. The average Bonchev–Trinajstić information content (AvgIpc) is 2.63. The minimum absolute atomic E-state index is 0.685. The summed E-state index contributed by atoms with van der Waals surface area (Å²) in [6.07, 6.45) is 5.62. The molecule has 88 valence electrons. The third-order valence-electron chi connectivity index (χ3n) is 3.62. The van der Waals surface area contributed by atoms with Crippen molar-refractivity contribution >= 4 is 5.69 Å². The van der Waals surface area contributed by atoms with Gasteiger partial charge in [-0.15, -0.1) is 0 Å². The van der Waals surface area contributed by atoms with Crippen LogP contribution in [0.25, 0.3) is 0 Å². The van der Waals surface area contributed by atoms with Gasteiger partial charge < -0.3 is 5.73 Å². The van der Waals surface area contributed by atoms with Crippen LogP contribution >= 0.6 is 0 Å². The summed E-state index contributed by atoms with van der Waals surface area (Å²) in [7, 11) is 0. The quantitative estimate of drug-likeness (QED) is 0.849. The number of rotatable bonds is 3. The van der Waals surface area contributed by atoms with Crippen molar-refractivity contribution in [2.45, 2.75) is 51.7 Å². The lowest BCUT2D eigenvalue weighted by Gasteiger charge is -2.27. The maximum atomic E-state index is 5.64. The molecule has 0 aliphatic carbocycles.